The molecular formula is C22H35N5O. The van der Waals surface area contributed by atoms with Crippen molar-refractivity contribution in [3.05, 3.63) is 35.5 Å². The van der Waals surface area contributed by atoms with E-state index in [-0.39, 0.29) is 0 Å². The Morgan fingerprint density at radius 1 is 1.32 bits per heavy atom. The summed E-state index contributed by atoms with van der Waals surface area (Å²) in [5, 5.41) is 8.41. The molecule has 2 heterocycles. The number of nitrogens with zero attached hydrogens (tertiary/aromatic N) is 2. The SMILES string of the molecule is CN=C(NCCc1c[nH]c2c(C)cccc12)NC1CCN(CCCOC)CC1. The lowest BCUT2D eigenvalue weighted by Crippen LogP contribution is -2.49. The summed E-state index contributed by atoms with van der Waals surface area (Å²) in [4.78, 5) is 10.4. The van der Waals surface area contributed by atoms with Crippen LogP contribution in [0.2, 0.25) is 0 Å². The summed E-state index contributed by atoms with van der Waals surface area (Å²) in [7, 11) is 3.62. The Balaban J connectivity index is 1.41. The molecule has 0 bridgehead atoms. The van der Waals surface area contributed by atoms with Gasteiger partial charge < -0.3 is 25.3 Å². The number of hydrogen-bond donors (Lipinski definition) is 3. The molecule has 28 heavy (non-hydrogen) atoms. The third-order valence-corrected chi connectivity index (χ3v) is 5.67. The van der Waals surface area contributed by atoms with Gasteiger partial charge in [-0.3, -0.25) is 4.99 Å². The lowest BCUT2D eigenvalue weighted by atomic mass is 10.1. The quantitative estimate of drug-likeness (QED) is 0.371. The molecule has 3 N–H and O–H groups in total. The fourth-order valence-corrected chi connectivity index (χ4v) is 4.01. The second kappa shape index (κ2) is 10.5. The van der Waals surface area contributed by atoms with Crippen LogP contribution in [0.25, 0.3) is 10.9 Å². The highest BCUT2D eigenvalue weighted by Crippen LogP contribution is 2.21. The minimum atomic E-state index is 0.501. The second-order valence-electron chi connectivity index (χ2n) is 7.67. The van der Waals surface area contributed by atoms with Gasteiger partial charge in [0, 0.05) is 70.1 Å². The number of H-pyrrole nitrogens is 1. The van der Waals surface area contributed by atoms with Crippen LogP contribution in [0.5, 0.6) is 0 Å². The van der Waals surface area contributed by atoms with E-state index in [1.165, 1.54) is 22.0 Å². The van der Waals surface area contributed by atoms with E-state index in [1.54, 1.807) is 7.11 Å². The van der Waals surface area contributed by atoms with E-state index in [0.29, 0.717) is 6.04 Å². The molecule has 2 aromatic rings. The van der Waals surface area contributed by atoms with Crippen LogP contribution in [0, 0.1) is 6.92 Å². The van der Waals surface area contributed by atoms with Crippen molar-refractivity contribution in [2.24, 2.45) is 4.99 Å². The first-order valence-corrected chi connectivity index (χ1v) is 10.5. The fraction of sp³-hybridized carbons (Fsp3) is 0.591. The standard InChI is InChI=1S/C22H35N5O/c1-17-6-4-7-20-18(16-25-21(17)20)8-11-24-22(23-2)26-19-9-13-27(14-10-19)12-5-15-28-3/h4,6-7,16,19,25H,5,8-15H2,1-3H3,(H2,23,24,26). The van der Waals surface area contributed by atoms with Gasteiger partial charge >= 0.3 is 0 Å². The molecule has 6 nitrogen and oxygen atoms in total. The molecule has 1 aliphatic heterocycles. The van der Waals surface area contributed by atoms with Crippen molar-refractivity contribution < 1.29 is 4.74 Å². The van der Waals surface area contributed by atoms with Gasteiger partial charge in [-0.25, -0.2) is 0 Å². The number of ether oxygens (including phenoxy) is 1. The Morgan fingerprint density at radius 2 is 2.14 bits per heavy atom. The molecule has 1 aromatic carbocycles. The van der Waals surface area contributed by atoms with Crippen LogP contribution in [0.3, 0.4) is 0 Å². The van der Waals surface area contributed by atoms with Crippen LogP contribution in [0.1, 0.15) is 30.4 Å². The number of likely N-dealkylation sites (tertiary alicyclic amines) is 1. The normalized spacial score (nSPS) is 16.6. The molecule has 1 saturated heterocycles. The maximum atomic E-state index is 5.15. The first-order chi connectivity index (χ1) is 13.7. The molecule has 1 aromatic heterocycles. The summed E-state index contributed by atoms with van der Waals surface area (Å²) in [5.41, 5.74) is 3.89. The van der Waals surface area contributed by atoms with Gasteiger partial charge in [-0.05, 0) is 43.7 Å². The highest BCUT2D eigenvalue weighted by molar-refractivity contribution is 5.86. The van der Waals surface area contributed by atoms with Crippen LogP contribution in [0.15, 0.2) is 29.4 Å². The van der Waals surface area contributed by atoms with E-state index in [1.807, 2.05) is 7.05 Å². The molecule has 1 fully saturated rings. The van der Waals surface area contributed by atoms with E-state index >= 15 is 0 Å². The molecule has 0 saturated carbocycles. The summed E-state index contributed by atoms with van der Waals surface area (Å²) >= 11 is 0. The molecule has 1 aliphatic rings. The molecule has 0 radical (unpaired) electrons. The first-order valence-electron chi connectivity index (χ1n) is 10.5. The molecule has 0 spiro atoms. The number of methoxy groups -OCH3 is 1. The Kier molecular flexibility index (Phi) is 7.74. The van der Waals surface area contributed by atoms with E-state index in [2.05, 4.69) is 56.8 Å². The first kappa shape index (κ1) is 20.7. The lowest BCUT2D eigenvalue weighted by Gasteiger charge is -2.33. The van der Waals surface area contributed by atoms with Crippen LogP contribution >= 0.6 is 0 Å². The number of rotatable bonds is 8. The van der Waals surface area contributed by atoms with Gasteiger partial charge in [0.1, 0.15) is 0 Å². The van der Waals surface area contributed by atoms with Crippen molar-refractivity contribution in [2.75, 3.05) is 46.9 Å². The summed E-state index contributed by atoms with van der Waals surface area (Å²) < 4.78 is 5.15. The van der Waals surface area contributed by atoms with Crippen LogP contribution in [-0.2, 0) is 11.2 Å². The van der Waals surface area contributed by atoms with Crippen LogP contribution < -0.4 is 10.6 Å². The number of para-hydroxylation sites is 1. The van der Waals surface area contributed by atoms with Crippen molar-refractivity contribution >= 4 is 16.9 Å². The second-order valence-corrected chi connectivity index (χ2v) is 7.67. The Morgan fingerprint density at radius 3 is 2.89 bits per heavy atom. The van der Waals surface area contributed by atoms with Crippen LogP contribution in [-0.4, -0.2) is 68.8 Å². The molecule has 0 atom stereocenters. The number of benzene rings is 1. The van der Waals surface area contributed by atoms with E-state index in [4.69, 9.17) is 4.74 Å². The number of aromatic nitrogens is 1. The Labute approximate surface area is 168 Å². The zero-order valence-corrected chi connectivity index (χ0v) is 17.6. The topological polar surface area (TPSA) is 64.7 Å². The minimum Gasteiger partial charge on any atom is -0.385 e. The predicted molar refractivity (Wildman–Crippen MR) is 117 cm³/mol. The van der Waals surface area contributed by atoms with Gasteiger partial charge in [-0.1, -0.05) is 18.2 Å². The van der Waals surface area contributed by atoms with Crippen molar-refractivity contribution in [3.8, 4) is 0 Å². The van der Waals surface area contributed by atoms with Gasteiger partial charge in [0.15, 0.2) is 5.96 Å². The molecule has 154 valence electrons. The monoisotopic (exact) mass is 385 g/mol. The highest BCUT2D eigenvalue weighted by atomic mass is 16.5. The summed E-state index contributed by atoms with van der Waals surface area (Å²) in [6.07, 6.45) is 6.55. The largest absolute Gasteiger partial charge is 0.385 e. The van der Waals surface area contributed by atoms with Crippen LogP contribution in [0.4, 0.5) is 0 Å². The number of aromatic amines is 1. The van der Waals surface area contributed by atoms with Gasteiger partial charge in [0.25, 0.3) is 0 Å². The third kappa shape index (κ3) is 5.49. The van der Waals surface area contributed by atoms with Gasteiger partial charge in [0.05, 0.1) is 0 Å². The minimum absolute atomic E-state index is 0.501. The summed E-state index contributed by atoms with van der Waals surface area (Å²) in [6.45, 7) is 7.30. The van der Waals surface area contributed by atoms with Crippen molar-refractivity contribution in [1.29, 1.82) is 0 Å². The number of aliphatic imine (C=N–C) groups is 1. The van der Waals surface area contributed by atoms with E-state index < -0.39 is 0 Å². The highest BCUT2D eigenvalue weighted by Gasteiger charge is 2.19. The number of aryl methyl sites for hydroxylation is 1. The molecular weight excluding hydrogens is 350 g/mol. The zero-order chi connectivity index (χ0) is 19.8. The average molecular weight is 386 g/mol. The lowest BCUT2D eigenvalue weighted by molar-refractivity contribution is 0.155. The zero-order valence-electron chi connectivity index (χ0n) is 17.6. The number of fused-ring (bicyclic) bond motifs is 1. The molecule has 0 amide bonds. The van der Waals surface area contributed by atoms with E-state index in [9.17, 15) is 0 Å². The van der Waals surface area contributed by atoms with Crippen molar-refractivity contribution in [2.45, 2.75) is 38.6 Å². The third-order valence-electron chi connectivity index (χ3n) is 5.67. The number of piperidine rings is 1. The van der Waals surface area contributed by atoms with E-state index in [0.717, 1.165) is 64.4 Å². The van der Waals surface area contributed by atoms with Gasteiger partial charge in [0.2, 0.25) is 0 Å². The summed E-state index contributed by atoms with van der Waals surface area (Å²) in [5.74, 6) is 0.911. The Hall–Kier alpha value is -2.05. The fourth-order valence-electron chi connectivity index (χ4n) is 4.01. The Bertz CT molecular complexity index is 761. The van der Waals surface area contributed by atoms with Gasteiger partial charge in [-0.2, -0.15) is 0 Å². The van der Waals surface area contributed by atoms with Crippen molar-refractivity contribution in [1.82, 2.24) is 20.5 Å². The number of guanidine groups is 1. The average Bonchev–Trinajstić information content (AvgIpc) is 3.13. The molecule has 0 unspecified atom stereocenters. The number of nitrogens with one attached hydrogen (secondary N) is 3. The molecule has 0 aliphatic carbocycles. The maximum absolute atomic E-state index is 5.15. The summed E-state index contributed by atoms with van der Waals surface area (Å²) in [6, 6.07) is 6.97. The predicted octanol–water partition coefficient (Wildman–Crippen LogP) is 2.68. The van der Waals surface area contributed by atoms with Gasteiger partial charge in [-0.15, -0.1) is 0 Å². The molecule has 6 heteroatoms. The van der Waals surface area contributed by atoms with Crippen molar-refractivity contribution in [3.63, 3.8) is 0 Å². The number of hydrogen-bond acceptors (Lipinski definition) is 3. The maximum Gasteiger partial charge on any atom is 0.191 e. The smallest absolute Gasteiger partial charge is 0.191 e. The molecule has 3 rings (SSSR count).